The third kappa shape index (κ3) is 12.2. The number of aliphatic carboxylic acids is 1. The van der Waals surface area contributed by atoms with Crippen molar-refractivity contribution in [1.29, 1.82) is 0 Å². The summed E-state index contributed by atoms with van der Waals surface area (Å²) >= 11 is 0. The zero-order valence-electron chi connectivity index (χ0n) is 38.8. The molecule has 11 atom stereocenters. The van der Waals surface area contributed by atoms with Gasteiger partial charge >= 0.3 is 5.97 Å². The van der Waals surface area contributed by atoms with Crippen molar-refractivity contribution < 1.29 is 57.7 Å². The Kier molecular flexibility index (Phi) is 18.2. The fourth-order valence-corrected chi connectivity index (χ4v) is 10.2. The maximum absolute atomic E-state index is 14.3. The summed E-state index contributed by atoms with van der Waals surface area (Å²) < 4.78 is 17.4. The van der Waals surface area contributed by atoms with E-state index in [1.165, 1.54) is 26.4 Å². The van der Waals surface area contributed by atoms with Gasteiger partial charge in [0.25, 0.3) is 11.8 Å². The molecule has 3 fully saturated rings. The van der Waals surface area contributed by atoms with Crippen LogP contribution in [0.3, 0.4) is 0 Å². The Morgan fingerprint density at radius 2 is 1.60 bits per heavy atom. The lowest BCUT2D eigenvalue weighted by Crippen LogP contribution is -2.59. The van der Waals surface area contributed by atoms with Crippen LogP contribution in [0.5, 0.6) is 0 Å². The minimum absolute atomic E-state index is 0.0130. The Hall–Kier alpha value is -5.20. The van der Waals surface area contributed by atoms with Crippen molar-refractivity contribution in [2.24, 2.45) is 17.8 Å². The number of amides is 7. The highest BCUT2D eigenvalue weighted by Crippen LogP contribution is 2.43. The molecule has 0 radical (unpaired) electrons. The minimum Gasteiger partial charge on any atom is -0.480 e. The molecule has 18 heteroatoms. The number of carboxylic acid groups (broad SMARTS) is 1. The van der Waals surface area contributed by atoms with Gasteiger partial charge in [-0.05, 0) is 56.4 Å². The average molecular weight is 909 g/mol. The van der Waals surface area contributed by atoms with Crippen molar-refractivity contribution >= 4 is 47.3 Å². The molecule has 3 N–H and O–H groups in total. The van der Waals surface area contributed by atoms with Gasteiger partial charge in [-0.25, -0.2) is 4.79 Å². The number of likely N-dealkylation sites (N-methyl/N-ethyl adjacent to an activating group) is 1. The number of carbonyl (C=O) groups is 8. The molecule has 3 aliphatic heterocycles. The number of methoxy groups -OCH3 is 2. The second-order valence-electron chi connectivity index (χ2n) is 17.9. The van der Waals surface area contributed by atoms with Crippen molar-refractivity contribution in [3.63, 3.8) is 0 Å². The molecule has 0 spiro atoms. The minimum atomic E-state index is -1.16. The third-order valence-electron chi connectivity index (χ3n) is 13.8. The Labute approximate surface area is 381 Å². The van der Waals surface area contributed by atoms with E-state index in [2.05, 4.69) is 10.6 Å². The van der Waals surface area contributed by atoms with Crippen LogP contribution in [0, 0.1) is 17.8 Å². The number of ether oxygens (including phenoxy) is 3. The van der Waals surface area contributed by atoms with Crippen molar-refractivity contribution in [3.8, 4) is 0 Å². The largest absolute Gasteiger partial charge is 0.480 e. The number of likely N-dealkylation sites (tertiary alicyclic amines) is 2. The van der Waals surface area contributed by atoms with Crippen molar-refractivity contribution in [2.75, 3.05) is 47.6 Å². The van der Waals surface area contributed by atoms with E-state index in [4.69, 9.17) is 14.2 Å². The van der Waals surface area contributed by atoms with E-state index in [9.17, 15) is 43.5 Å². The second-order valence-corrected chi connectivity index (χ2v) is 17.9. The van der Waals surface area contributed by atoms with Crippen LogP contribution in [-0.4, -0.2) is 168 Å². The number of fused-ring (bicyclic) bond motifs is 2. The SMILES string of the molecule is CC[C@H](C)[C@@H]([C@@H](CC(=O)N1CCC[C@H]1[C@H](OC)[C@@H](C)C(=O)N[C@@H](Cc1ccccc1)C(=O)O)OC)N(C)C(=O)[C@H](C)NC(=O)[C@@H]1[C@H]2CC[C@H](C2)N1C(=O)CCOCCN1C(=O)C=CC1=O. The maximum Gasteiger partial charge on any atom is 0.326 e. The molecular formula is C47H68N6O12. The van der Waals surface area contributed by atoms with Gasteiger partial charge in [0.1, 0.15) is 18.1 Å². The Balaban J connectivity index is 1.18. The van der Waals surface area contributed by atoms with E-state index in [0.29, 0.717) is 32.2 Å². The van der Waals surface area contributed by atoms with Gasteiger partial charge in [0.15, 0.2) is 0 Å². The van der Waals surface area contributed by atoms with E-state index >= 15 is 0 Å². The molecule has 0 aromatic heterocycles. The molecule has 18 nitrogen and oxygen atoms in total. The van der Waals surface area contributed by atoms with Crippen LogP contribution < -0.4 is 10.6 Å². The van der Waals surface area contributed by atoms with Gasteiger partial charge in [-0.2, -0.15) is 0 Å². The molecule has 5 rings (SSSR count). The maximum atomic E-state index is 14.3. The number of nitrogens with zero attached hydrogens (tertiary/aromatic N) is 4. The zero-order chi connectivity index (χ0) is 47.5. The summed E-state index contributed by atoms with van der Waals surface area (Å²) in [4.78, 5) is 111. The number of rotatable bonds is 24. The van der Waals surface area contributed by atoms with Crippen LogP contribution in [-0.2, 0) is 59.0 Å². The van der Waals surface area contributed by atoms with Gasteiger partial charge < -0.3 is 44.7 Å². The van der Waals surface area contributed by atoms with Gasteiger partial charge in [-0.15, -0.1) is 0 Å². The fourth-order valence-electron chi connectivity index (χ4n) is 10.2. The first-order valence-electron chi connectivity index (χ1n) is 22.9. The summed E-state index contributed by atoms with van der Waals surface area (Å²) in [6.45, 7) is 7.84. The molecule has 1 aromatic rings. The number of hydrogen-bond acceptors (Lipinski definition) is 11. The number of benzene rings is 1. The first-order chi connectivity index (χ1) is 31.0. The van der Waals surface area contributed by atoms with Crippen LogP contribution in [0.4, 0.5) is 0 Å². The first kappa shape index (κ1) is 50.8. The Morgan fingerprint density at radius 3 is 2.23 bits per heavy atom. The van der Waals surface area contributed by atoms with E-state index < -0.39 is 77.9 Å². The molecule has 65 heavy (non-hydrogen) atoms. The fraction of sp³-hybridized carbons (Fsp3) is 0.660. The topological polar surface area (TPSA) is 222 Å². The summed E-state index contributed by atoms with van der Waals surface area (Å²) in [6.07, 6.45) is 5.11. The van der Waals surface area contributed by atoms with Gasteiger partial charge in [0.05, 0.1) is 62.8 Å². The second kappa shape index (κ2) is 23.3. The Morgan fingerprint density at radius 1 is 0.908 bits per heavy atom. The van der Waals surface area contributed by atoms with Crippen LogP contribution in [0.2, 0.25) is 0 Å². The number of carboxylic acids is 1. The predicted molar refractivity (Wildman–Crippen MR) is 236 cm³/mol. The summed E-state index contributed by atoms with van der Waals surface area (Å²) in [6, 6.07) is 5.02. The molecule has 3 heterocycles. The monoisotopic (exact) mass is 908 g/mol. The lowest BCUT2D eigenvalue weighted by atomic mass is 9.90. The van der Waals surface area contributed by atoms with Gasteiger partial charge in [0, 0.05) is 52.4 Å². The van der Waals surface area contributed by atoms with Crippen molar-refractivity contribution in [2.45, 2.75) is 134 Å². The quantitative estimate of drug-likeness (QED) is 0.100. The third-order valence-corrected chi connectivity index (χ3v) is 13.8. The molecular weight excluding hydrogens is 841 g/mol. The summed E-state index contributed by atoms with van der Waals surface area (Å²) in [5, 5.41) is 15.5. The highest BCUT2D eigenvalue weighted by molar-refractivity contribution is 6.12. The van der Waals surface area contributed by atoms with E-state index in [1.807, 2.05) is 19.9 Å². The van der Waals surface area contributed by atoms with Crippen LogP contribution >= 0.6 is 0 Å². The van der Waals surface area contributed by atoms with Crippen molar-refractivity contribution in [3.05, 3.63) is 48.0 Å². The molecule has 1 aromatic carbocycles. The smallest absolute Gasteiger partial charge is 0.326 e. The predicted octanol–water partition coefficient (Wildman–Crippen LogP) is 1.93. The lowest BCUT2D eigenvalue weighted by molar-refractivity contribution is -0.148. The highest BCUT2D eigenvalue weighted by Gasteiger charge is 2.51. The van der Waals surface area contributed by atoms with E-state index in [1.54, 1.807) is 59.9 Å². The van der Waals surface area contributed by atoms with Gasteiger partial charge in [0.2, 0.25) is 29.5 Å². The number of nitrogens with one attached hydrogen (secondary N) is 2. The number of carbonyl (C=O) groups excluding carboxylic acids is 7. The summed E-state index contributed by atoms with van der Waals surface area (Å²) in [7, 11) is 4.61. The molecule has 4 aliphatic rings. The lowest BCUT2D eigenvalue weighted by Gasteiger charge is -2.40. The van der Waals surface area contributed by atoms with Crippen LogP contribution in [0.25, 0.3) is 0 Å². The number of piperidine rings is 1. The van der Waals surface area contributed by atoms with Gasteiger partial charge in [-0.3, -0.25) is 38.5 Å². The average Bonchev–Trinajstić information content (AvgIpc) is 4.11. The molecule has 1 saturated carbocycles. The number of hydrogen-bond donors (Lipinski definition) is 3. The van der Waals surface area contributed by atoms with E-state index in [-0.39, 0.29) is 74.6 Å². The molecule has 1 aliphatic carbocycles. The molecule has 0 unspecified atom stereocenters. The summed E-state index contributed by atoms with van der Waals surface area (Å²) in [5.41, 5.74) is 0.763. The van der Waals surface area contributed by atoms with Gasteiger partial charge in [-0.1, -0.05) is 57.5 Å². The molecule has 358 valence electrons. The van der Waals surface area contributed by atoms with E-state index in [0.717, 1.165) is 23.3 Å². The van der Waals surface area contributed by atoms with Crippen LogP contribution in [0.1, 0.15) is 84.6 Å². The normalized spacial score (nSPS) is 23.5. The standard InChI is InChI=1S/C47H68N6O12/c1-8-28(2)41(36(63-6)27-40(57)51-21-12-15-35(51)43(64-7)29(3)44(58)49-34(47(61)62)25-31-13-10-9-11-14-31)50(5)46(60)30(4)48-45(59)42-32-16-17-33(26-32)53(42)39(56)20-23-65-24-22-52-37(54)18-19-38(52)55/h9-11,13-14,18-19,28-30,32-36,41-43H,8,12,15-17,20-27H2,1-7H3,(H,48,59)(H,49,58)(H,61,62)/t28-,29+,30-,32-,33+,34-,35-,36+,41-,42-,43+/m0/s1. The summed E-state index contributed by atoms with van der Waals surface area (Å²) in [5.74, 6) is -4.73. The molecule has 2 bridgehead atoms. The zero-order valence-corrected chi connectivity index (χ0v) is 38.8. The Bertz CT molecular complexity index is 1900. The molecule has 2 saturated heterocycles. The van der Waals surface area contributed by atoms with Crippen molar-refractivity contribution in [1.82, 2.24) is 30.2 Å². The molecule has 7 amide bonds. The van der Waals surface area contributed by atoms with Crippen LogP contribution in [0.15, 0.2) is 42.5 Å². The number of imide groups is 1. The highest BCUT2D eigenvalue weighted by atomic mass is 16.5. The first-order valence-corrected chi connectivity index (χ1v) is 22.9.